The highest BCUT2D eigenvalue weighted by Gasteiger charge is 2.40. The Morgan fingerprint density at radius 1 is 1.04 bits per heavy atom. The van der Waals surface area contributed by atoms with Crippen molar-refractivity contribution in [3.63, 3.8) is 0 Å². The molecule has 0 aromatic heterocycles. The number of aliphatic carboxylic acids is 1. The lowest BCUT2D eigenvalue weighted by Gasteiger charge is -2.20. The summed E-state index contributed by atoms with van der Waals surface area (Å²) in [4.78, 5) is 10.8. The standard InChI is InChI=1S/C22H34O5/c1-2-3-4-5-6-7-8-9-10-11-17(23)12-13-18-19(14-15-22(26)27)21(25)16-20(18)24/h3-4,6-7,9-10,12-13,17-21,23-25H,2,5,8,11,14-16H2,1H3,(H,26,27)/b4-3-,7-6+,10-9-,13-12+/t17-,18+,19-,20+,21-/m0/s1. The second-order valence-corrected chi connectivity index (χ2v) is 7.03. The van der Waals surface area contributed by atoms with Crippen LogP contribution in [0.5, 0.6) is 0 Å². The van der Waals surface area contributed by atoms with E-state index >= 15 is 0 Å². The predicted molar refractivity (Wildman–Crippen MR) is 107 cm³/mol. The third-order valence-corrected chi connectivity index (χ3v) is 4.82. The normalized spacial score (nSPS) is 27.6. The van der Waals surface area contributed by atoms with E-state index < -0.39 is 24.3 Å². The highest BCUT2D eigenvalue weighted by molar-refractivity contribution is 5.66. The Balaban J connectivity index is 2.39. The quantitative estimate of drug-likeness (QED) is 0.390. The molecule has 5 nitrogen and oxygen atoms in total. The molecular formula is C22H34O5. The van der Waals surface area contributed by atoms with Crippen LogP contribution < -0.4 is 0 Å². The Kier molecular flexibility index (Phi) is 11.7. The van der Waals surface area contributed by atoms with E-state index in [1.165, 1.54) is 0 Å². The van der Waals surface area contributed by atoms with Crippen LogP contribution in [-0.2, 0) is 4.79 Å². The molecule has 1 fully saturated rings. The summed E-state index contributed by atoms with van der Waals surface area (Å²) < 4.78 is 0. The number of carboxylic acid groups (broad SMARTS) is 1. The Morgan fingerprint density at radius 2 is 1.67 bits per heavy atom. The van der Waals surface area contributed by atoms with Crippen LogP contribution in [0, 0.1) is 11.8 Å². The summed E-state index contributed by atoms with van der Waals surface area (Å²) in [5.41, 5.74) is 0. The average Bonchev–Trinajstić information content (AvgIpc) is 2.89. The second kappa shape index (κ2) is 13.5. The van der Waals surface area contributed by atoms with Crippen molar-refractivity contribution in [3.05, 3.63) is 48.6 Å². The fourth-order valence-corrected chi connectivity index (χ4v) is 3.35. The SMILES string of the molecule is CC/C=C\C/C=C/C/C=C\C[C@H](O)/C=C/[C@@H]1[C@H](CCC(=O)O)[C@@H](O)C[C@H]1O. The van der Waals surface area contributed by atoms with Gasteiger partial charge in [0.05, 0.1) is 18.3 Å². The fourth-order valence-electron chi connectivity index (χ4n) is 3.35. The molecule has 0 radical (unpaired) electrons. The Labute approximate surface area is 162 Å². The van der Waals surface area contributed by atoms with Gasteiger partial charge in [0.2, 0.25) is 0 Å². The number of carbonyl (C=O) groups is 1. The summed E-state index contributed by atoms with van der Waals surface area (Å²) in [7, 11) is 0. The molecular weight excluding hydrogens is 344 g/mol. The van der Waals surface area contributed by atoms with Crippen molar-refractivity contribution in [2.75, 3.05) is 0 Å². The van der Waals surface area contributed by atoms with E-state index in [9.17, 15) is 20.1 Å². The largest absolute Gasteiger partial charge is 0.481 e. The predicted octanol–water partition coefficient (Wildman–Crippen LogP) is 3.38. The highest BCUT2D eigenvalue weighted by atomic mass is 16.4. The first-order chi connectivity index (χ1) is 13.0. The van der Waals surface area contributed by atoms with Crippen molar-refractivity contribution in [1.82, 2.24) is 0 Å². The van der Waals surface area contributed by atoms with E-state index in [0.717, 1.165) is 19.3 Å². The lowest BCUT2D eigenvalue weighted by atomic mass is 9.88. The molecule has 0 amide bonds. The summed E-state index contributed by atoms with van der Waals surface area (Å²) in [5, 5.41) is 39.0. The molecule has 1 aliphatic carbocycles. The Morgan fingerprint density at radius 3 is 2.30 bits per heavy atom. The molecule has 0 spiro atoms. The lowest BCUT2D eigenvalue weighted by Crippen LogP contribution is -2.22. The van der Waals surface area contributed by atoms with Crippen LogP contribution in [-0.4, -0.2) is 44.7 Å². The first-order valence-corrected chi connectivity index (χ1v) is 9.85. The highest BCUT2D eigenvalue weighted by Crippen LogP contribution is 2.36. The molecule has 5 atom stereocenters. The van der Waals surface area contributed by atoms with Gasteiger partial charge < -0.3 is 20.4 Å². The molecule has 0 aromatic carbocycles. The van der Waals surface area contributed by atoms with E-state index in [1.54, 1.807) is 12.2 Å². The zero-order valence-corrected chi connectivity index (χ0v) is 16.2. The number of carboxylic acids is 1. The molecule has 0 unspecified atom stereocenters. The Bertz CT molecular complexity index is 535. The number of allylic oxidation sites excluding steroid dienone is 5. The van der Waals surface area contributed by atoms with E-state index in [4.69, 9.17) is 5.11 Å². The van der Waals surface area contributed by atoms with Crippen LogP contribution in [0.4, 0.5) is 0 Å². The fraction of sp³-hybridized carbons (Fsp3) is 0.591. The van der Waals surface area contributed by atoms with Gasteiger partial charge in [-0.05, 0) is 38.0 Å². The summed E-state index contributed by atoms with van der Waals surface area (Å²) >= 11 is 0. The van der Waals surface area contributed by atoms with E-state index in [1.807, 2.05) is 12.2 Å². The van der Waals surface area contributed by atoms with Gasteiger partial charge in [0, 0.05) is 18.8 Å². The van der Waals surface area contributed by atoms with Gasteiger partial charge in [0.15, 0.2) is 0 Å². The molecule has 0 saturated heterocycles. The third kappa shape index (κ3) is 9.70. The van der Waals surface area contributed by atoms with E-state index in [2.05, 4.69) is 31.2 Å². The first-order valence-electron chi connectivity index (χ1n) is 9.85. The minimum atomic E-state index is -0.910. The maximum Gasteiger partial charge on any atom is 0.303 e. The lowest BCUT2D eigenvalue weighted by molar-refractivity contribution is -0.137. The van der Waals surface area contributed by atoms with Gasteiger partial charge in [-0.2, -0.15) is 0 Å². The smallest absolute Gasteiger partial charge is 0.303 e. The van der Waals surface area contributed by atoms with Crippen LogP contribution in [0.25, 0.3) is 0 Å². The molecule has 0 heterocycles. The van der Waals surface area contributed by atoms with Crippen LogP contribution in [0.1, 0.15) is 51.9 Å². The van der Waals surface area contributed by atoms with Crippen molar-refractivity contribution < 1.29 is 25.2 Å². The molecule has 27 heavy (non-hydrogen) atoms. The zero-order chi connectivity index (χ0) is 20.1. The van der Waals surface area contributed by atoms with Crippen molar-refractivity contribution >= 4 is 5.97 Å². The van der Waals surface area contributed by atoms with Gasteiger partial charge >= 0.3 is 5.97 Å². The molecule has 1 aliphatic rings. The molecule has 152 valence electrons. The molecule has 0 bridgehead atoms. The minimum absolute atomic E-state index is 0.0359. The van der Waals surface area contributed by atoms with Crippen molar-refractivity contribution in [2.45, 2.75) is 70.2 Å². The van der Waals surface area contributed by atoms with Crippen molar-refractivity contribution in [3.8, 4) is 0 Å². The topological polar surface area (TPSA) is 98.0 Å². The summed E-state index contributed by atoms with van der Waals surface area (Å²) in [6.07, 6.45) is 17.5. The molecule has 0 aromatic rings. The molecule has 1 saturated carbocycles. The van der Waals surface area contributed by atoms with Crippen LogP contribution in [0.2, 0.25) is 0 Å². The van der Waals surface area contributed by atoms with E-state index in [0.29, 0.717) is 12.8 Å². The number of aliphatic hydroxyl groups is 3. The van der Waals surface area contributed by atoms with E-state index in [-0.39, 0.29) is 24.7 Å². The summed E-state index contributed by atoms with van der Waals surface area (Å²) in [6, 6.07) is 0. The monoisotopic (exact) mass is 378 g/mol. The maximum absolute atomic E-state index is 10.8. The van der Waals surface area contributed by atoms with Gasteiger partial charge in [0.1, 0.15) is 0 Å². The van der Waals surface area contributed by atoms with Gasteiger partial charge in [0.25, 0.3) is 0 Å². The number of rotatable bonds is 12. The van der Waals surface area contributed by atoms with Gasteiger partial charge in [-0.25, -0.2) is 0 Å². The Hall–Kier alpha value is -1.69. The molecule has 5 heteroatoms. The van der Waals surface area contributed by atoms with Crippen LogP contribution >= 0.6 is 0 Å². The molecule has 4 N–H and O–H groups in total. The number of hydrogen-bond donors (Lipinski definition) is 4. The average molecular weight is 379 g/mol. The second-order valence-electron chi connectivity index (χ2n) is 7.03. The maximum atomic E-state index is 10.8. The van der Waals surface area contributed by atoms with Crippen LogP contribution in [0.3, 0.4) is 0 Å². The minimum Gasteiger partial charge on any atom is -0.481 e. The number of aliphatic hydroxyl groups excluding tert-OH is 3. The first kappa shape index (κ1) is 23.3. The number of hydrogen-bond acceptors (Lipinski definition) is 4. The molecule has 0 aliphatic heterocycles. The van der Waals surface area contributed by atoms with Crippen LogP contribution in [0.15, 0.2) is 48.6 Å². The van der Waals surface area contributed by atoms with Gasteiger partial charge in [-0.1, -0.05) is 55.5 Å². The zero-order valence-electron chi connectivity index (χ0n) is 16.2. The molecule has 1 rings (SSSR count). The van der Waals surface area contributed by atoms with Gasteiger partial charge in [-0.15, -0.1) is 0 Å². The van der Waals surface area contributed by atoms with Crippen molar-refractivity contribution in [2.24, 2.45) is 11.8 Å². The summed E-state index contributed by atoms with van der Waals surface area (Å²) in [5.74, 6) is -1.52. The van der Waals surface area contributed by atoms with Crippen molar-refractivity contribution in [1.29, 1.82) is 0 Å². The summed E-state index contributed by atoms with van der Waals surface area (Å²) in [6.45, 7) is 2.11. The third-order valence-electron chi connectivity index (χ3n) is 4.82. The van der Waals surface area contributed by atoms with Gasteiger partial charge in [-0.3, -0.25) is 4.79 Å².